The zero-order valence-electron chi connectivity index (χ0n) is 14.8. The van der Waals surface area contributed by atoms with Crippen LogP contribution in [-0.4, -0.2) is 40.3 Å². The monoisotopic (exact) mass is 435 g/mol. The Morgan fingerprint density at radius 3 is 2.39 bits per heavy atom. The number of hydrogen-bond acceptors (Lipinski definition) is 3. The normalized spacial score (nSPS) is 11.0. The van der Waals surface area contributed by atoms with E-state index in [-0.39, 0.29) is 24.0 Å². The van der Waals surface area contributed by atoms with Crippen LogP contribution in [0.15, 0.2) is 23.2 Å². The molecule has 6 heteroatoms. The molecule has 0 aliphatic rings. The van der Waals surface area contributed by atoms with Gasteiger partial charge in [-0.1, -0.05) is 19.9 Å². The van der Waals surface area contributed by atoms with Gasteiger partial charge in [0, 0.05) is 20.1 Å². The second kappa shape index (κ2) is 12.3. The van der Waals surface area contributed by atoms with Crippen molar-refractivity contribution in [2.24, 2.45) is 10.9 Å². The van der Waals surface area contributed by atoms with Gasteiger partial charge in [0.05, 0.1) is 14.2 Å². The summed E-state index contributed by atoms with van der Waals surface area (Å²) in [4.78, 5) is 4.21. The predicted molar refractivity (Wildman–Crippen MR) is 107 cm³/mol. The summed E-state index contributed by atoms with van der Waals surface area (Å²) in [5, 5.41) is 6.63. The number of aliphatic imine (C=N–C) groups is 1. The van der Waals surface area contributed by atoms with Crippen LogP contribution in [0.1, 0.15) is 25.8 Å². The molecule has 0 saturated carbocycles. The Balaban J connectivity index is 0.00000484. The molecule has 0 spiro atoms. The maximum atomic E-state index is 5.32. The molecule has 0 atom stereocenters. The third kappa shape index (κ3) is 8.29. The van der Waals surface area contributed by atoms with Crippen molar-refractivity contribution < 1.29 is 9.47 Å². The van der Waals surface area contributed by atoms with Crippen LogP contribution in [0, 0.1) is 5.92 Å². The van der Waals surface area contributed by atoms with Gasteiger partial charge in [-0.2, -0.15) is 0 Å². The number of benzene rings is 1. The summed E-state index contributed by atoms with van der Waals surface area (Å²) in [6, 6.07) is 6.06. The van der Waals surface area contributed by atoms with Crippen molar-refractivity contribution in [2.75, 3.05) is 34.4 Å². The number of rotatable bonds is 8. The molecule has 0 aliphatic heterocycles. The van der Waals surface area contributed by atoms with Gasteiger partial charge >= 0.3 is 0 Å². The van der Waals surface area contributed by atoms with E-state index in [1.807, 2.05) is 12.1 Å². The van der Waals surface area contributed by atoms with Crippen molar-refractivity contribution in [1.29, 1.82) is 0 Å². The van der Waals surface area contributed by atoms with E-state index in [2.05, 4.69) is 35.5 Å². The number of guanidine groups is 1. The predicted octanol–water partition coefficient (Wildman–Crippen LogP) is 3.08. The average molecular weight is 435 g/mol. The fourth-order valence-electron chi connectivity index (χ4n) is 2.06. The Hall–Kier alpha value is -1.18. The van der Waals surface area contributed by atoms with Crippen LogP contribution in [0.2, 0.25) is 0 Å². The smallest absolute Gasteiger partial charge is 0.190 e. The molecule has 0 heterocycles. The number of ether oxygens (including phenoxy) is 2. The lowest BCUT2D eigenvalue weighted by Gasteiger charge is -2.13. The second-order valence-corrected chi connectivity index (χ2v) is 5.57. The van der Waals surface area contributed by atoms with Gasteiger partial charge in [-0.3, -0.25) is 4.99 Å². The van der Waals surface area contributed by atoms with E-state index in [0.29, 0.717) is 5.92 Å². The van der Waals surface area contributed by atoms with Crippen LogP contribution < -0.4 is 20.1 Å². The highest BCUT2D eigenvalue weighted by molar-refractivity contribution is 14.0. The molecule has 1 aromatic rings. The zero-order chi connectivity index (χ0) is 16.4. The summed E-state index contributed by atoms with van der Waals surface area (Å²) < 4.78 is 10.6. The minimum absolute atomic E-state index is 0. The molecule has 0 saturated heterocycles. The van der Waals surface area contributed by atoms with E-state index in [0.717, 1.165) is 43.4 Å². The fraction of sp³-hybridized carbons (Fsp3) is 0.588. The van der Waals surface area contributed by atoms with E-state index >= 15 is 0 Å². The third-order valence-corrected chi connectivity index (χ3v) is 3.28. The van der Waals surface area contributed by atoms with E-state index in [4.69, 9.17) is 9.47 Å². The first-order valence-electron chi connectivity index (χ1n) is 7.76. The molecule has 1 rings (SSSR count). The van der Waals surface area contributed by atoms with Crippen LogP contribution in [-0.2, 0) is 6.42 Å². The quantitative estimate of drug-likeness (QED) is 0.285. The summed E-state index contributed by atoms with van der Waals surface area (Å²) in [7, 11) is 5.11. The lowest BCUT2D eigenvalue weighted by Crippen LogP contribution is -2.39. The van der Waals surface area contributed by atoms with E-state index in [1.54, 1.807) is 21.3 Å². The lowest BCUT2D eigenvalue weighted by molar-refractivity contribution is 0.354. The van der Waals surface area contributed by atoms with Crippen molar-refractivity contribution in [3.63, 3.8) is 0 Å². The van der Waals surface area contributed by atoms with E-state index in [1.165, 1.54) is 5.56 Å². The number of hydrogen-bond donors (Lipinski definition) is 2. The molecular formula is C17H30IN3O2. The van der Waals surface area contributed by atoms with E-state index < -0.39 is 0 Å². The summed E-state index contributed by atoms with van der Waals surface area (Å²) in [5.41, 5.74) is 1.24. The molecule has 0 aromatic heterocycles. The van der Waals surface area contributed by atoms with Gasteiger partial charge in [-0.25, -0.2) is 0 Å². The highest BCUT2D eigenvalue weighted by atomic mass is 127. The van der Waals surface area contributed by atoms with Gasteiger partial charge in [-0.15, -0.1) is 24.0 Å². The molecule has 132 valence electrons. The fourth-order valence-corrected chi connectivity index (χ4v) is 2.06. The number of halogens is 1. The first-order chi connectivity index (χ1) is 10.6. The average Bonchev–Trinajstić information content (AvgIpc) is 2.53. The topological polar surface area (TPSA) is 54.9 Å². The summed E-state index contributed by atoms with van der Waals surface area (Å²) in [6.07, 6.45) is 2.01. The Labute approximate surface area is 157 Å². The number of nitrogens with zero attached hydrogens (tertiary/aromatic N) is 1. The summed E-state index contributed by atoms with van der Waals surface area (Å²) in [6.45, 7) is 6.16. The molecule has 23 heavy (non-hydrogen) atoms. The summed E-state index contributed by atoms with van der Waals surface area (Å²) >= 11 is 0. The van der Waals surface area contributed by atoms with Gasteiger partial charge in [-0.05, 0) is 36.5 Å². The SMILES string of the molecule is CN=C(NCCCc1ccc(OC)c(OC)c1)NCC(C)C.I. The van der Waals surface area contributed by atoms with E-state index in [9.17, 15) is 0 Å². The van der Waals surface area contributed by atoms with Crippen molar-refractivity contribution in [2.45, 2.75) is 26.7 Å². The van der Waals surface area contributed by atoms with Gasteiger partial charge in [0.25, 0.3) is 0 Å². The summed E-state index contributed by atoms with van der Waals surface area (Å²) in [5.74, 6) is 3.01. The molecule has 0 amide bonds. The van der Waals surface area contributed by atoms with Crippen LogP contribution in [0.5, 0.6) is 11.5 Å². The van der Waals surface area contributed by atoms with Crippen molar-refractivity contribution in [3.8, 4) is 11.5 Å². The van der Waals surface area contributed by atoms with Crippen molar-refractivity contribution >= 4 is 29.9 Å². The highest BCUT2D eigenvalue weighted by Gasteiger charge is 2.04. The maximum absolute atomic E-state index is 5.32. The minimum Gasteiger partial charge on any atom is -0.493 e. The first kappa shape index (κ1) is 21.8. The molecule has 1 aromatic carbocycles. The molecule has 5 nitrogen and oxygen atoms in total. The van der Waals surface area contributed by atoms with Gasteiger partial charge in [0.1, 0.15) is 0 Å². The molecule has 0 aliphatic carbocycles. The molecule has 2 N–H and O–H groups in total. The van der Waals surface area contributed by atoms with Crippen LogP contribution in [0.3, 0.4) is 0 Å². The number of methoxy groups -OCH3 is 2. The van der Waals surface area contributed by atoms with Crippen molar-refractivity contribution in [3.05, 3.63) is 23.8 Å². The molecule has 0 radical (unpaired) electrons. The number of nitrogens with one attached hydrogen (secondary N) is 2. The molecule has 0 fully saturated rings. The van der Waals surface area contributed by atoms with Gasteiger partial charge < -0.3 is 20.1 Å². The standard InChI is InChI=1S/C17H29N3O2.HI/c1-13(2)12-20-17(18-3)19-10-6-7-14-8-9-15(21-4)16(11-14)22-5;/h8-9,11,13H,6-7,10,12H2,1-5H3,(H2,18,19,20);1H. The van der Waals surface area contributed by atoms with Gasteiger partial charge in [0.2, 0.25) is 0 Å². The molecule has 0 bridgehead atoms. The second-order valence-electron chi connectivity index (χ2n) is 5.57. The third-order valence-electron chi connectivity index (χ3n) is 3.28. The highest BCUT2D eigenvalue weighted by Crippen LogP contribution is 2.27. The van der Waals surface area contributed by atoms with Gasteiger partial charge in [0.15, 0.2) is 17.5 Å². The first-order valence-corrected chi connectivity index (χ1v) is 7.76. The number of aryl methyl sites for hydroxylation is 1. The van der Waals surface area contributed by atoms with Crippen LogP contribution >= 0.6 is 24.0 Å². The Morgan fingerprint density at radius 2 is 1.83 bits per heavy atom. The Kier molecular flexibility index (Phi) is 11.6. The maximum Gasteiger partial charge on any atom is 0.190 e. The van der Waals surface area contributed by atoms with Crippen molar-refractivity contribution in [1.82, 2.24) is 10.6 Å². The van der Waals surface area contributed by atoms with Crippen LogP contribution in [0.25, 0.3) is 0 Å². The zero-order valence-corrected chi connectivity index (χ0v) is 17.1. The Morgan fingerprint density at radius 1 is 1.13 bits per heavy atom. The molecular weight excluding hydrogens is 405 g/mol. The lowest BCUT2D eigenvalue weighted by atomic mass is 10.1. The van der Waals surface area contributed by atoms with Crippen LogP contribution in [0.4, 0.5) is 0 Å². The Bertz CT molecular complexity index is 479. The minimum atomic E-state index is 0. The molecule has 0 unspecified atom stereocenters. The largest absolute Gasteiger partial charge is 0.493 e.